The topological polar surface area (TPSA) is 72.6 Å². The van der Waals surface area contributed by atoms with E-state index in [1.807, 2.05) is 37.1 Å². The van der Waals surface area contributed by atoms with Crippen LogP contribution in [0, 0.1) is 20.8 Å². The summed E-state index contributed by atoms with van der Waals surface area (Å²) < 4.78 is 7.68. The zero-order valence-electron chi connectivity index (χ0n) is 19.2. The second-order valence-corrected chi connectivity index (χ2v) is 8.70. The lowest BCUT2D eigenvalue weighted by Crippen LogP contribution is -2.42. The number of pyridine rings is 1. The molecule has 0 bridgehead atoms. The van der Waals surface area contributed by atoms with E-state index in [-0.39, 0.29) is 12.0 Å². The van der Waals surface area contributed by atoms with Gasteiger partial charge in [-0.25, -0.2) is 9.50 Å². The number of fused-ring (bicyclic) bond motifs is 1. The summed E-state index contributed by atoms with van der Waals surface area (Å²) in [5.41, 5.74) is 7.43. The summed E-state index contributed by atoms with van der Waals surface area (Å²) in [5, 5.41) is 4.36. The molecule has 4 heterocycles. The first-order chi connectivity index (χ1) is 16.0. The Morgan fingerprint density at radius 2 is 1.85 bits per heavy atom. The van der Waals surface area contributed by atoms with Crippen molar-refractivity contribution in [2.24, 2.45) is 0 Å². The second-order valence-electron chi connectivity index (χ2n) is 8.70. The van der Waals surface area contributed by atoms with Crippen molar-refractivity contribution in [1.82, 2.24) is 24.5 Å². The molecule has 168 valence electrons. The van der Waals surface area contributed by atoms with E-state index < -0.39 is 0 Å². The van der Waals surface area contributed by atoms with Crippen molar-refractivity contribution in [3.05, 3.63) is 94.2 Å². The molecule has 0 saturated carbocycles. The van der Waals surface area contributed by atoms with Gasteiger partial charge in [0.1, 0.15) is 11.7 Å². The Hall–Kier alpha value is -3.58. The number of ether oxygens (including phenoxy) is 1. The van der Waals surface area contributed by atoms with E-state index in [0.29, 0.717) is 30.9 Å². The number of hydrogen-bond acceptors (Lipinski definition) is 5. The molecule has 0 N–H and O–H groups in total. The molecule has 1 amide bonds. The Morgan fingerprint density at radius 3 is 2.61 bits per heavy atom. The Balaban J connectivity index is 1.30. The van der Waals surface area contributed by atoms with Gasteiger partial charge in [-0.15, -0.1) is 0 Å². The van der Waals surface area contributed by atoms with Gasteiger partial charge in [0.2, 0.25) is 0 Å². The fourth-order valence-electron chi connectivity index (χ4n) is 4.28. The van der Waals surface area contributed by atoms with Gasteiger partial charge < -0.3 is 9.64 Å². The minimum absolute atomic E-state index is 0.0770. The average Bonchev–Trinajstić information content (AvgIpc) is 3.25. The SMILES string of the molecule is Cc1ccc(Cc2ccc(C3CN(C(=O)c4cnn5c(C)cc(C)nc45)CCO3)nc2)cc1. The van der Waals surface area contributed by atoms with Crippen LogP contribution in [0.1, 0.15) is 50.2 Å². The Morgan fingerprint density at radius 1 is 1.06 bits per heavy atom. The van der Waals surface area contributed by atoms with Crippen LogP contribution in [0.4, 0.5) is 0 Å². The van der Waals surface area contributed by atoms with Crippen LogP contribution in [0.25, 0.3) is 5.65 Å². The molecule has 4 aromatic rings. The lowest BCUT2D eigenvalue weighted by atomic mass is 10.0. The molecule has 1 saturated heterocycles. The summed E-state index contributed by atoms with van der Waals surface area (Å²) in [6, 6.07) is 14.6. The van der Waals surface area contributed by atoms with E-state index >= 15 is 0 Å². The maximum atomic E-state index is 13.3. The van der Waals surface area contributed by atoms with Crippen molar-refractivity contribution in [2.45, 2.75) is 33.3 Å². The van der Waals surface area contributed by atoms with Crippen molar-refractivity contribution in [3.63, 3.8) is 0 Å². The monoisotopic (exact) mass is 441 g/mol. The standard InChI is InChI=1S/C26H27N5O2/c1-17-4-6-20(7-5-17)13-21-8-9-23(27-14-21)24-16-30(10-11-33-24)26(32)22-15-28-31-19(3)12-18(2)29-25(22)31/h4-9,12,14-15,24H,10-11,13,16H2,1-3H3. The van der Waals surface area contributed by atoms with Crippen molar-refractivity contribution in [1.29, 1.82) is 0 Å². The normalized spacial score (nSPS) is 16.3. The number of carbonyl (C=O) groups is 1. The summed E-state index contributed by atoms with van der Waals surface area (Å²) in [4.78, 5) is 24.3. The van der Waals surface area contributed by atoms with E-state index in [2.05, 4.69) is 52.3 Å². The molecule has 5 rings (SSSR count). The predicted molar refractivity (Wildman–Crippen MR) is 125 cm³/mol. The quantitative estimate of drug-likeness (QED) is 0.481. The predicted octanol–water partition coefficient (Wildman–Crippen LogP) is 3.85. The van der Waals surface area contributed by atoms with Gasteiger partial charge in [0.25, 0.3) is 5.91 Å². The molecule has 1 aromatic carbocycles. The van der Waals surface area contributed by atoms with Gasteiger partial charge in [-0.2, -0.15) is 5.10 Å². The smallest absolute Gasteiger partial charge is 0.259 e. The van der Waals surface area contributed by atoms with Gasteiger partial charge in [0.15, 0.2) is 5.65 Å². The van der Waals surface area contributed by atoms with Gasteiger partial charge in [0, 0.05) is 24.1 Å². The number of aryl methyl sites for hydroxylation is 3. The van der Waals surface area contributed by atoms with Crippen molar-refractivity contribution < 1.29 is 9.53 Å². The van der Waals surface area contributed by atoms with Crippen LogP contribution in [0.3, 0.4) is 0 Å². The maximum Gasteiger partial charge on any atom is 0.259 e. The largest absolute Gasteiger partial charge is 0.368 e. The molecule has 0 radical (unpaired) electrons. The number of amides is 1. The van der Waals surface area contributed by atoms with E-state index in [1.54, 1.807) is 10.7 Å². The summed E-state index contributed by atoms with van der Waals surface area (Å²) in [5.74, 6) is -0.0770. The first-order valence-electron chi connectivity index (χ1n) is 11.2. The zero-order chi connectivity index (χ0) is 22.9. The lowest BCUT2D eigenvalue weighted by molar-refractivity contribution is -0.0246. The van der Waals surface area contributed by atoms with Gasteiger partial charge in [-0.1, -0.05) is 35.9 Å². The zero-order valence-corrected chi connectivity index (χ0v) is 19.2. The first kappa shape index (κ1) is 21.3. The molecular formula is C26H27N5O2. The fraction of sp³-hybridized carbons (Fsp3) is 0.308. The van der Waals surface area contributed by atoms with Crippen LogP contribution < -0.4 is 0 Å². The van der Waals surface area contributed by atoms with Crippen LogP contribution in [0.2, 0.25) is 0 Å². The number of carbonyl (C=O) groups excluding carboxylic acids is 1. The van der Waals surface area contributed by atoms with E-state index in [4.69, 9.17) is 4.74 Å². The lowest BCUT2D eigenvalue weighted by Gasteiger charge is -2.32. The van der Waals surface area contributed by atoms with Gasteiger partial charge in [-0.05, 0) is 50.5 Å². The highest BCUT2D eigenvalue weighted by Crippen LogP contribution is 2.24. The number of hydrogen-bond donors (Lipinski definition) is 0. The third-order valence-corrected chi connectivity index (χ3v) is 6.07. The third kappa shape index (κ3) is 4.36. The van der Waals surface area contributed by atoms with Crippen molar-refractivity contribution in [2.75, 3.05) is 19.7 Å². The number of aromatic nitrogens is 4. The van der Waals surface area contributed by atoms with Crippen LogP contribution in [0.15, 0.2) is 54.9 Å². The molecule has 0 aliphatic carbocycles. The molecule has 3 aromatic heterocycles. The molecule has 7 heteroatoms. The fourth-order valence-corrected chi connectivity index (χ4v) is 4.28. The van der Waals surface area contributed by atoms with Gasteiger partial charge in [-0.3, -0.25) is 9.78 Å². The van der Waals surface area contributed by atoms with E-state index in [9.17, 15) is 4.79 Å². The Labute approximate surface area is 193 Å². The minimum Gasteiger partial charge on any atom is -0.368 e. The summed E-state index contributed by atoms with van der Waals surface area (Å²) >= 11 is 0. The van der Waals surface area contributed by atoms with Crippen LogP contribution in [-0.2, 0) is 11.2 Å². The highest BCUT2D eigenvalue weighted by molar-refractivity contribution is 5.99. The van der Waals surface area contributed by atoms with E-state index in [1.165, 1.54) is 11.1 Å². The molecule has 1 unspecified atom stereocenters. The highest BCUT2D eigenvalue weighted by atomic mass is 16.5. The van der Waals surface area contributed by atoms with Gasteiger partial charge >= 0.3 is 0 Å². The number of rotatable bonds is 4. The molecule has 1 aliphatic heterocycles. The molecule has 1 fully saturated rings. The molecular weight excluding hydrogens is 414 g/mol. The van der Waals surface area contributed by atoms with Crippen LogP contribution in [0.5, 0.6) is 0 Å². The second kappa shape index (κ2) is 8.75. The Kier molecular flexibility index (Phi) is 5.64. The minimum atomic E-state index is -0.255. The van der Waals surface area contributed by atoms with E-state index in [0.717, 1.165) is 29.1 Å². The first-order valence-corrected chi connectivity index (χ1v) is 11.2. The Bertz CT molecular complexity index is 1300. The summed E-state index contributed by atoms with van der Waals surface area (Å²) in [7, 11) is 0. The molecule has 1 aliphatic rings. The number of nitrogens with zero attached hydrogens (tertiary/aromatic N) is 5. The number of morpholine rings is 1. The van der Waals surface area contributed by atoms with Crippen molar-refractivity contribution in [3.8, 4) is 0 Å². The molecule has 0 spiro atoms. The van der Waals surface area contributed by atoms with Gasteiger partial charge in [0.05, 0.1) is 25.0 Å². The molecule has 1 atom stereocenters. The molecule has 7 nitrogen and oxygen atoms in total. The van der Waals surface area contributed by atoms with Crippen molar-refractivity contribution >= 4 is 11.6 Å². The molecule has 33 heavy (non-hydrogen) atoms. The number of benzene rings is 1. The maximum absolute atomic E-state index is 13.3. The van der Waals surface area contributed by atoms with Crippen LogP contribution in [-0.4, -0.2) is 50.1 Å². The average molecular weight is 442 g/mol. The summed E-state index contributed by atoms with van der Waals surface area (Å²) in [6.07, 6.45) is 4.10. The third-order valence-electron chi connectivity index (χ3n) is 6.07. The highest BCUT2D eigenvalue weighted by Gasteiger charge is 2.29. The summed E-state index contributed by atoms with van der Waals surface area (Å²) in [6.45, 7) is 7.42. The van der Waals surface area contributed by atoms with Crippen LogP contribution >= 0.6 is 0 Å².